The second-order valence-electron chi connectivity index (χ2n) is 7.29. The van der Waals surface area contributed by atoms with Gasteiger partial charge in [0, 0.05) is 31.5 Å². The van der Waals surface area contributed by atoms with E-state index in [1.54, 1.807) is 24.3 Å². The van der Waals surface area contributed by atoms with Crippen LogP contribution in [0.5, 0.6) is 0 Å². The molecule has 7 heteroatoms. The summed E-state index contributed by atoms with van der Waals surface area (Å²) in [6.07, 6.45) is 5.58. The number of carbonyl (C=O) groups excluding carboxylic acids is 1. The lowest BCUT2D eigenvalue weighted by Crippen LogP contribution is -2.45. The van der Waals surface area contributed by atoms with Crippen molar-refractivity contribution < 1.29 is 4.79 Å². The van der Waals surface area contributed by atoms with E-state index in [1.807, 2.05) is 43.3 Å². The van der Waals surface area contributed by atoms with Crippen molar-refractivity contribution in [1.82, 2.24) is 24.8 Å². The van der Waals surface area contributed by atoms with Gasteiger partial charge in [0.05, 0.1) is 24.6 Å². The van der Waals surface area contributed by atoms with Crippen LogP contribution in [0.3, 0.4) is 0 Å². The molecule has 2 aromatic heterocycles. The molecular formula is C22H23N5O2. The second-order valence-corrected chi connectivity index (χ2v) is 7.29. The van der Waals surface area contributed by atoms with Crippen LogP contribution in [0.1, 0.15) is 29.8 Å². The number of nitrogens with zero attached hydrogens (tertiary/aromatic N) is 4. The summed E-state index contributed by atoms with van der Waals surface area (Å²) in [6.45, 7) is 2.82. The van der Waals surface area contributed by atoms with E-state index in [4.69, 9.17) is 0 Å². The highest BCUT2D eigenvalue weighted by molar-refractivity contribution is 5.75. The molecule has 0 aliphatic carbocycles. The van der Waals surface area contributed by atoms with E-state index >= 15 is 0 Å². The first kappa shape index (κ1) is 18.9. The summed E-state index contributed by atoms with van der Waals surface area (Å²) in [6, 6.07) is 11.8. The zero-order chi connectivity index (χ0) is 20.4. The van der Waals surface area contributed by atoms with E-state index < -0.39 is 0 Å². The summed E-state index contributed by atoms with van der Waals surface area (Å²) in [5.74, 6) is 0. The molecule has 1 aromatic carbocycles. The lowest BCUT2D eigenvalue weighted by Gasteiger charge is -2.29. The molecule has 29 heavy (non-hydrogen) atoms. The van der Waals surface area contributed by atoms with Gasteiger partial charge in [-0.05, 0) is 42.2 Å². The minimum absolute atomic E-state index is 0.0299. The zero-order valence-electron chi connectivity index (χ0n) is 16.5. The Hall–Kier alpha value is -3.48. The number of nitrogens with one attached hydrogen (secondary N) is 1. The van der Waals surface area contributed by atoms with Crippen molar-refractivity contribution in [2.75, 3.05) is 6.54 Å². The summed E-state index contributed by atoms with van der Waals surface area (Å²) < 4.78 is 1.48. The number of aromatic nitrogens is 3. The third kappa shape index (κ3) is 3.89. The van der Waals surface area contributed by atoms with Crippen LogP contribution in [-0.4, -0.2) is 32.0 Å². The van der Waals surface area contributed by atoms with Gasteiger partial charge in [0.2, 0.25) is 0 Å². The molecule has 2 amide bonds. The number of benzene rings is 1. The van der Waals surface area contributed by atoms with Gasteiger partial charge in [-0.3, -0.25) is 9.78 Å². The Bertz CT molecular complexity index is 1080. The summed E-state index contributed by atoms with van der Waals surface area (Å²) in [5, 5.41) is 3.05. The van der Waals surface area contributed by atoms with Crippen LogP contribution >= 0.6 is 0 Å². The van der Waals surface area contributed by atoms with Crippen molar-refractivity contribution in [3.63, 3.8) is 0 Å². The molecule has 0 spiro atoms. The van der Waals surface area contributed by atoms with Crippen molar-refractivity contribution in [2.45, 2.75) is 25.9 Å². The van der Waals surface area contributed by atoms with Crippen LogP contribution in [0.15, 0.2) is 59.9 Å². The quantitative estimate of drug-likeness (QED) is 0.747. The van der Waals surface area contributed by atoms with E-state index in [1.165, 1.54) is 10.9 Å². The van der Waals surface area contributed by atoms with Gasteiger partial charge in [-0.25, -0.2) is 9.78 Å². The molecule has 0 saturated carbocycles. The van der Waals surface area contributed by atoms with Gasteiger partial charge in [-0.1, -0.05) is 24.3 Å². The second kappa shape index (κ2) is 7.87. The number of carbonyl (C=O) groups is 1. The van der Waals surface area contributed by atoms with Crippen molar-refractivity contribution in [1.29, 1.82) is 0 Å². The van der Waals surface area contributed by atoms with E-state index in [9.17, 15) is 9.59 Å². The molecule has 1 unspecified atom stereocenters. The number of hydrogen-bond donors (Lipinski definition) is 1. The molecule has 1 aliphatic heterocycles. The molecule has 1 N–H and O–H groups in total. The van der Waals surface area contributed by atoms with E-state index in [0.717, 1.165) is 16.7 Å². The Kier molecular flexibility index (Phi) is 5.12. The first-order chi connectivity index (χ1) is 14.0. The predicted octanol–water partition coefficient (Wildman–Crippen LogP) is 2.67. The molecule has 0 bridgehead atoms. The minimum Gasteiger partial charge on any atom is -0.331 e. The average Bonchev–Trinajstić information content (AvgIpc) is 2.76. The molecule has 1 aliphatic rings. The van der Waals surface area contributed by atoms with Gasteiger partial charge in [-0.2, -0.15) is 0 Å². The van der Waals surface area contributed by atoms with Crippen LogP contribution in [0, 0.1) is 0 Å². The highest BCUT2D eigenvalue weighted by Gasteiger charge is 2.25. The van der Waals surface area contributed by atoms with E-state index in [2.05, 4.69) is 15.3 Å². The van der Waals surface area contributed by atoms with E-state index in [0.29, 0.717) is 30.8 Å². The van der Waals surface area contributed by atoms with Gasteiger partial charge >= 0.3 is 6.03 Å². The molecule has 7 nitrogen and oxygen atoms in total. The molecule has 3 aromatic rings. The lowest BCUT2D eigenvalue weighted by molar-refractivity contribution is 0.188. The number of hydrogen-bond acceptors (Lipinski definition) is 4. The Balaban J connectivity index is 1.42. The van der Waals surface area contributed by atoms with Gasteiger partial charge in [0.25, 0.3) is 5.56 Å². The van der Waals surface area contributed by atoms with Gasteiger partial charge < -0.3 is 14.8 Å². The van der Waals surface area contributed by atoms with Gasteiger partial charge in [0.1, 0.15) is 0 Å². The largest absolute Gasteiger partial charge is 0.331 e. The summed E-state index contributed by atoms with van der Waals surface area (Å²) in [4.78, 5) is 35.0. The average molecular weight is 389 g/mol. The Labute approximate surface area is 169 Å². The van der Waals surface area contributed by atoms with Crippen molar-refractivity contribution in [3.8, 4) is 11.1 Å². The number of pyridine rings is 1. The fourth-order valence-corrected chi connectivity index (χ4v) is 3.56. The van der Waals surface area contributed by atoms with Crippen LogP contribution in [0.4, 0.5) is 4.79 Å². The molecule has 0 radical (unpaired) electrons. The molecule has 3 heterocycles. The number of amides is 2. The van der Waals surface area contributed by atoms with Crippen molar-refractivity contribution in [3.05, 3.63) is 82.3 Å². The number of rotatable bonds is 3. The van der Waals surface area contributed by atoms with Crippen LogP contribution in [0.25, 0.3) is 11.1 Å². The summed E-state index contributed by atoms with van der Waals surface area (Å²) in [7, 11) is 1.69. The topological polar surface area (TPSA) is 80.1 Å². The normalized spacial score (nSPS) is 14.2. The Morgan fingerprint density at radius 2 is 1.79 bits per heavy atom. The maximum absolute atomic E-state index is 12.7. The maximum atomic E-state index is 12.7. The molecular weight excluding hydrogens is 366 g/mol. The molecule has 0 saturated heterocycles. The highest BCUT2D eigenvalue weighted by atomic mass is 16.2. The molecule has 4 rings (SSSR count). The fourth-order valence-electron chi connectivity index (χ4n) is 3.56. The molecule has 148 valence electrons. The molecule has 0 fully saturated rings. The summed E-state index contributed by atoms with van der Waals surface area (Å²) >= 11 is 0. The third-order valence-electron chi connectivity index (χ3n) is 5.34. The Morgan fingerprint density at radius 3 is 2.52 bits per heavy atom. The molecule has 1 atom stereocenters. The monoisotopic (exact) mass is 389 g/mol. The minimum atomic E-state index is -0.149. The maximum Gasteiger partial charge on any atom is 0.318 e. The van der Waals surface area contributed by atoms with Crippen molar-refractivity contribution >= 4 is 6.03 Å². The van der Waals surface area contributed by atoms with Gasteiger partial charge in [0.15, 0.2) is 0 Å². The SMILES string of the molecule is CC(NC(=O)N1CCc2c(ncn(C)c2=O)C1)c1ccc(-c2ccncc2)cc1. The first-order valence-corrected chi connectivity index (χ1v) is 9.62. The standard InChI is InChI=1S/C22H23N5O2/c1-15(16-3-5-17(6-4-16)18-7-10-23-11-8-18)25-22(29)27-12-9-19-20(13-27)24-14-26(2)21(19)28/h3-8,10-11,14-15H,9,12-13H2,1-2H3,(H,25,29). The number of urea groups is 1. The predicted molar refractivity (Wildman–Crippen MR) is 110 cm³/mol. The van der Waals surface area contributed by atoms with Crippen molar-refractivity contribution in [2.24, 2.45) is 7.05 Å². The van der Waals surface area contributed by atoms with Gasteiger partial charge in [-0.15, -0.1) is 0 Å². The fraction of sp³-hybridized carbons (Fsp3) is 0.273. The Morgan fingerprint density at radius 1 is 1.10 bits per heavy atom. The number of fused-ring (bicyclic) bond motifs is 1. The highest BCUT2D eigenvalue weighted by Crippen LogP contribution is 2.22. The van der Waals surface area contributed by atoms with Crippen LogP contribution < -0.4 is 10.9 Å². The lowest BCUT2D eigenvalue weighted by atomic mass is 10.0. The van der Waals surface area contributed by atoms with Crippen LogP contribution in [0.2, 0.25) is 0 Å². The summed E-state index contributed by atoms with van der Waals surface area (Å²) in [5.41, 5.74) is 4.60. The van der Waals surface area contributed by atoms with E-state index in [-0.39, 0.29) is 17.6 Å². The smallest absolute Gasteiger partial charge is 0.318 e. The third-order valence-corrected chi connectivity index (χ3v) is 5.34. The van der Waals surface area contributed by atoms with Crippen LogP contribution in [-0.2, 0) is 20.0 Å². The zero-order valence-corrected chi connectivity index (χ0v) is 16.5. The first-order valence-electron chi connectivity index (χ1n) is 9.62. The number of aryl methyl sites for hydroxylation is 1.